The number of carbonyl (C=O) groups is 1. The van der Waals surface area contributed by atoms with Crippen LogP contribution >= 0.6 is 0 Å². The van der Waals surface area contributed by atoms with Crippen LogP contribution in [0.5, 0.6) is 5.75 Å². The lowest BCUT2D eigenvalue weighted by atomic mass is 10.0. The summed E-state index contributed by atoms with van der Waals surface area (Å²) in [5, 5.41) is 25.7. The number of aliphatic hydroxyl groups excluding tert-OH is 2. The summed E-state index contributed by atoms with van der Waals surface area (Å²) in [5.74, 6) is 1.72. The van der Waals surface area contributed by atoms with Crippen molar-refractivity contribution in [3.05, 3.63) is 52.6 Å². The first-order chi connectivity index (χ1) is 18.6. The normalized spacial score (nSPS) is 12.3. The Kier molecular flexibility index (Phi) is 11.0. The van der Waals surface area contributed by atoms with Crippen molar-refractivity contribution in [3.63, 3.8) is 0 Å². The van der Waals surface area contributed by atoms with Gasteiger partial charge in [0.05, 0.1) is 0 Å². The zero-order chi connectivity index (χ0) is 28.5. The molecule has 9 nitrogen and oxygen atoms in total. The van der Waals surface area contributed by atoms with E-state index in [0.29, 0.717) is 29.8 Å². The maximum atomic E-state index is 11.2. The molecule has 0 aliphatic heterocycles. The zero-order valence-corrected chi connectivity index (χ0v) is 24.0. The molecule has 3 aromatic rings. The van der Waals surface area contributed by atoms with Crippen LogP contribution in [0, 0.1) is 12.8 Å². The maximum Gasteiger partial charge on any atom is 0.258 e. The molecule has 3 N–H and O–H groups in total. The Balaban J connectivity index is 1.80. The second kappa shape index (κ2) is 14.2. The number of aryl methyl sites for hydroxylation is 3. The second-order valence-corrected chi connectivity index (χ2v) is 10.5. The summed E-state index contributed by atoms with van der Waals surface area (Å²) in [5.41, 5.74) is 6.01. The zero-order valence-electron chi connectivity index (χ0n) is 24.0. The van der Waals surface area contributed by atoms with Crippen molar-refractivity contribution in [1.29, 1.82) is 0 Å². The van der Waals surface area contributed by atoms with Crippen molar-refractivity contribution < 1.29 is 24.3 Å². The number of hydrogen-bond donors (Lipinski definition) is 3. The van der Waals surface area contributed by atoms with Crippen molar-refractivity contribution in [1.82, 2.24) is 20.4 Å². The van der Waals surface area contributed by atoms with Gasteiger partial charge in [0.2, 0.25) is 11.7 Å². The standard InChI is InChI=1S/C30H42N4O5/c1-7-21-10-22(16-34(6)15-19(3)4)12-25(11-21)30-32-29(33-39-30)24-9-20(5)28(23(8-2)13-24)38-18-26(36)14-31-27(37)17-35/h9-13,19,26,35-36H,7-8,14-18H2,1-6H3,(H,31,37)/t26-/m0/s1. The summed E-state index contributed by atoms with van der Waals surface area (Å²) < 4.78 is 11.6. The highest BCUT2D eigenvalue weighted by molar-refractivity contribution is 5.76. The lowest BCUT2D eigenvalue weighted by Crippen LogP contribution is -2.36. The number of hydrogen-bond acceptors (Lipinski definition) is 8. The van der Waals surface area contributed by atoms with Crippen LogP contribution in [0.4, 0.5) is 0 Å². The van der Waals surface area contributed by atoms with E-state index in [0.717, 1.165) is 41.8 Å². The summed E-state index contributed by atoms with van der Waals surface area (Å²) in [6.45, 7) is 11.8. The van der Waals surface area contributed by atoms with Crippen LogP contribution in [0.15, 0.2) is 34.9 Å². The van der Waals surface area contributed by atoms with Crippen LogP contribution in [-0.4, -0.2) is 70.6 Å². The minimum atomic E-state index is -0.905. The SMILES string of the molecule is CCc1cc(CN(C)CC(C)C)cc(-c2nc(-c3cc(C)c(OC[C@@H](O)CNC(=O)CO)c(CC)c3)no2)c1. The van der Waals surface area contributed by atoms with Gasteiger partial charge in [0, 0.05) is 30.8 Å². The molecule has 0 radical (unpaired) electrons. The van der Waals surface area contributed by atoms with E-state index in [-0.39, 0.29) is 13.2 Å². The first-order valence-corrected chi connectivity index (χ1v) is 13.6. The predicted molar refractivity (Wildman–Crippen MR) is 151 cm³/mol. The molecule has 2 aromatic carbocycles. The van der Waals surface area contributed by atoms with Crippen molar-refractivity contribution in [2.75, 3.05) is 33.4 Å². The van der Waals surface area contributed by atoms with Gasteiger partial charge in [-0.15, -0.1) is 0 Å². The smallest absolute Gasteiger partial charge is 0.258 e. The minimum Gasteiger partial charge on any atom is -0.490 e. The fourth-order valence-electron chi connectivity index (χ4n) is 4.61. The molecule has 0 unspecified atom stereocenters. The van der Waals surface area contributed by atoms with Gasteiger partial charge in [0.15, 0.2) is 0 Å². The Labute approximate surface area is 231 Å². The van der Waals surface area contributed by atoms with E-state index < -0.39 is 18.6 Å². The Morgan fingerprint density at radius 1 is 1.10 bits per heavy atom. The van der Waals surface area contributed by atoms with Crippen LogP contribution in [-0.2, 0) is 24.2 Å². The van der Waals surface area contributed by atoms with E-state index in [1.807, 2.05) is 26.0 Å². The fourth-order valence-corrected chi connectivity index (χ4v) is 4.61. The van der Waals surface area contributed by atoms with Gasteiger partial charge in [-0.3, -0.25) is 4.79 Å². The molecule has 0 spiro atoms. The third-order valence-electron chi connectivity index (χ3n) is 6.35. The number of aromatic nitrogens is 2. The summed E-state index contributed by atoms with van der Waals surface area (Å²) >= 11 is 0. The highest BCUT2D eigenvalue weighted by Crippen LogP contribution is 2.32. The van der Waals surface area contributed by atoms with Crippen molar-refractivity contribution in [3.8, 4) is 28.6 Å². The first kappa shape index (κ1) is 30.3. The Morgan fingerprint density at radius 2 is 1.85 bits per heavy atom. The van der Waals surface area contributed by atoms with E-state index >= 15 is 0 Å². The lowest BCUT2D eigenvalue weighted by molar-refractivity contribution is -0.124. The van der Waals surface area contributed by atoms with Crippen LogP contribution in [0.25, 0.3) is 22.8 Å². The molecule has 0 bridgehead atoms. The monoisotopic (exact) mass is 538 g/mol. The third-order valence-corrected chi connectivity index (χ3v) is 6.35. The van der Waals surface area contributed by atoms with Crippen molar-refractivity contribution in [2.45, 2.75) is 60.1 Å². The van der Waals surface area contributed by atoms with Crippen LogP contribution in [0.1, 0.15) is 49.9 Å². The van der Waals surface area contributed by atoms with Crippen molar-refractivity contribution >= 4 is 5.91 Å². The predicted octanol–water partition coefficient (Wildman–Crippen LogP) is 3.77. The minimum absolute atomic E-state index is 0.00141. The number of amides is 1. The highest BCUT2D eigenvalue weighted by Gasteiger charge is 2.17. The number of benzene rings is 2. The number of nitrogens with one attached hydrogen (secondary N) is 1. The molecule has 0 aliphatic carbocycles. The second-order valence-electron chi connectivity index (χ2n) is 10.5. The number of carbonyl (C=O) groups excluding carboxylic acids is 1. The van der Waals surface area contributed by atoms with Crippen LogP contribution in [0.2, 0.25) is 0 Å². The Bertz CT molecular complexity index is 1240. The first-order valence-electron chi connectivity index (χ1n) is 13.6. The highest BCUT2D eigenvalue weighted by atomic mass is 16.5. The third kappa shape index (κ3) is 8.61. The molecule has 0 saturated heterocycles. The quantitative estimate of drug-likeness (QED) is 0.284. The van der Waals surface area contributed by atoms with E-state index in [1.165, 1.54) is 11.1 Å². The molecule has 0 fully saturated rings. The van der Waals surface area contributed by atoms with Gasteiger partial charge in [-0.05, 0) is 79.3 Å². The van der Waals surface area contributed by atoms with Gasteiger partial charge in [0.25, 0.3) is 5.89 Å². The molecule has 39 heavy (non-hydrogen) atoms. The van der Waals surface area contributed by atoms with E-state index in [1.54, 1.807) is 0 Å². The molecule has 9 heteroatoms. The molecule has 212 valence electrons. The average molecular weight is 539 g/mol. The summed E-state index contributed by atoms with van der Waals surface area (Å²) in [4.78, 5) is 18.3. The summed E-state index contributed by atoms with van der Waals surface area (Å²) in [7, 11) is 2.14. The molecular formula is C30H42N4O5. The van der Waals surface area contributed by atoms with Crippen LogP contribution < -0.4 is 10.1 Å². The molecule has 1 atom stereocenters. The number of rotatable bonds is 14. The van der Waals surface area contributed by atoms with Gasteiger partial charge in [0.1, 0.15) is 25.1 Å². The average Bonchev–Trinajstić information content (AvgIpc) is 3.40. The topological polar surface area (TPSA) is 121 Å². The Morgan fingerprint density at radius 3 is 2.51 bits per heavy atom. The molecule has 1 heterocycles. The molecule has 1 aromatic heterocycles. The lowest BCUT2D eigenvalue weighted by Gasteiger charge is -2.19. The largest absolute Gasteiger partial charge is 0.490 e. The molecule has 0 saturated carbocycles. The molecule has 0 aliphatic rings. The number of ether oxygens (including phenoxy) is 1. The fraction of sp³-hybridized carbons (Fsp3) is 0.500. The maximum absolute atomic E-state index is 11.2. The van der Waals surface area contributed by atoms with Crippen LogP contribution in [0.3, 0.4) is 0 Å². The van der Waals surface area contributed by atoms with Gasteiger partial charge in [-0.1, -0.05) is 38.9 Å². The van der Waals surface area contributed by atoms with Gasteiger partial charge in [-0.25, -0.2) is 0 Å². The molecular weight excluding hydrogens is 496 g/mol. The number of nitrogens with zero attached hydrogens (tertiary/aromatic N) is 3. The summed E-state index contributed by atoms with van der Waals surface area (Å²) in [6, 6.07) is 10.4. The molecule has 3 rings (SSSR count). The molecule has 1 amide bonds. The van der Waals surface area contributed by atoms with Gasteiger partial charge in [-0.2, -0.15) is 4.98 Å². The van der Waals surface area contributed by atoms with Gasteiger partial charge < -0.3 is 29.7 Å². The summed E-state index contributed by atoms with van der Waals surface area (Å²) in [6.07, 6.45) is 0.717. The Hall–Kier alpha value is -3.27. The van der Waals surface area contributed by atoms with E-state index in [9.17, 15) is 9.90 Å². The van der Waals surface area contributed by atoms with Crippen molar-refractivity contribution in [2.24, 2.45) is 5.92 Å². The number of aliphatic hydroxyl groups is 2. The van der Waals surface area contributed by atoms with E-state index in [4.69, 9.17) is 19.4 Å². The van der Waals surface area contributed by atoms with Gasteiger partial charge >= 0.3 is 0 Å². The van der Waals surface area contributed by atoms with E-state index in [2.05, 4.69) is 61.4 Å².